The Kier molecular flexibility index (Phi) is 3.58. The lowest BCUT2D eigenvalue weighted by atomic mass is 10.0. The Balaban J connectivity index is 1.46. The molecular weight excluding hydrogens is 364 g/mol. The Hall–Kier alpha value is -3.44. The predicted octanol–water partition coefficient (Wildman–Crippen LogP) is 4.97. The summed E-state index contributed by atoms with van der Waals surface area (Å²) in [6.07, 6.45) is 2.07. The van der Waals surface area contributed by atoms with E-state index in [4.69, 9.17) is 13.9 Å². The smallest absolute Gasteiger partial charge is 0.231 e. The third-order valence-corrected chi connectivity index (χ3v) is 5.79. The van der Waals surface area contributed by atoms with E-state index in [1.165, 1.54) is 11.1 Å². The van der Waals surface area contributed by atoms with Gasteiger partial charge in [0.1, 0.15) is 5.76 Å². The normalized spacial score (nSPS) is 16.9. The van der Waals surface area contributed by atoms with Crippen molar-refractivity contribution in [1.29, 1.82) is 0 Å². The summed E-state index contributed by atoms with van der Waals surface area (Å²) in [4.78, 5) is 0. The maximum atomic E-state index is 6.42. The fourth-order valence-corrected chi connectivity index (χ4v) is 4.30. The van der Waals surface area contributed by atoms with Gasteiger partial charge in [-0.1, -0.05) is 36.4 Å². The van der Waals surface area contributed by atoms with Gasteiger partial charge in [-0.25, -0.2) is 0 Å². The molecular formula is C24H20N2O3. The monoisotopic (exact) mass is 384 g/mol. The van der Waals surface area contributed by atoms with Crippen molar-refractivity contribution in [1.82, 2.24) is 9.88 Å². The van der Waals surface area contributed by atoms with Crippen LogP contribution in [0.15, 0.2) is 71.3 Å². The number of fused-ring (bicyclic) bond motifs is 4. The van der Waals surface area contributed by atoms with Crippen molar-refractivity contribution >= 4 is 0 Å². The number of nitrogens with one attached hydrogen (secondary N) is 1. The van der Waals surface area contributed by atoms with Gasteiger partial charge < -0.3 is 19.2 Å². The van der Waals surface area contributed by atoms with Crippen molar-refractivity contribution in [3.8, 4) is 28.7 Å². The molecule has 0 aliphatic carbocycles. The number of rotatable bonds is 2. The van der Waals surface area contributed by atoms with Crippen LogP contribution in [0, 0.1) is 6.92 Å². The standard InChI is InChI=1S/C24H20N2O3/c1-15-18-13-25-22(17-9-10-20-21(12-17)28-14-27-20)19-8-5-11-26(19)24(18)29-23(15)16-6-3-2-4-7-16/h2-12,22,25H,13-14H2,1H3. The van der Waals surface area contributed by atoms with Crippen LogP contribution in [0.3, 0.4) is 0 Å². The fourth-order valence-electron chi connectivity index (χ4n) is 4.30. The molecule has 2 aliphatic rings. The molecule has 2 aromatic carbocycles. The minimum atomic E-state index is 0.0293. The molecule has 5 nitrogen and oxygen atoms in total. The highest BCUT2D eigenvalue weighted by molar-refractivity contribution is 5.66. The Labute approximate surface area is 168 Å². The van der Waals surface area contributed by atoms with Crippen molar-refractivity contribution < 1.29 is 13.9 Å². The molecule has 0 fully saturated rings. The Bertz CT molecular complexity index is 1210. The van der Waals surface area contributed by atoms with E-state index in [9.17, 15) is 0 Å². The van der Waals surface area contributed by atoms with Crippen LogP contribution in [0.2, 0.25) is 0 Å². The first-order valence-electron chi connectivity index (χ1n) is 9.78. The van der Waals surface area contributed by atoms with Gasteiger partial charge in [0.05, 0.1) is 6.04 Å². The molecule has 29 heavy (non-hydrogen) atoms. The van der Waals surface area contributed by atoms with Gasteiger partial charge in [0.15, 0.2) is 11.5 Å². The summed E-state index contributed by atoms with van der Waals surface area (Å²) in [5.74, 6) is 3.41. The largest absolute Gasteiger partial charge is 0.454 e. The zero-order chi connectivity index (χ0) is 19.4. The SMILES string of the molecule is Cc1c(-c2ccccc2)oc2c1CNC(c1ccc3c(c1)OCO3)c1cccn1-2. The third kappa shape index (κ3) is 2.51. The van der Waals surface area contributed by atoms with Crippen molar-refractivity contribution in [2.45, 2.75) is 19.5 Å². The highest BCUT2D eigenvalue weighted by atomic mass is 16.7. The van der Waals surface area contributed by atoms with Crippen LogP contribution in [0.25, 0.3) is 17.2 Å². The molecule has 4 aromatic rings. The quantitative estimate of drug-likeness (QED) is 0.530. The van der Waals surface area contributed by atoms with Crippen LogP contribution in [0.4, 0.5) is 0 Å². The van der Waals surface area contributed by atoms with Crippen molar-refractivity contribution in [3.05, 3.63) is 89.2 Å². The highest BCUT2D eigenvalue weighted by Gasteiger charge is 2.29. The molecule has 2 aliphatic heterocycles. The maximum absolute atomic E-state index is 6.42. The second-order valence-corrected chi connectivity index (χ2v) is 7.44. The number of benzene rings is 2. The van der Waals surface area contributed by atoms with Crippen LogP contribution in [0.5, 0.6) is 11.5 Å². The van der Waals surface area contributed by atoms with Gasteiger partial charge in [0.2, 0.25) is 12.7 Å². The predicted molar refractivity (Wildman–Crippen MR) is 109 cm³/mol. The molecule has 1 unspecified atom stereocenters. The second-order valence-electron chi connectivity index (χ2n) is 7.44. The summed E-state index contributed by atoms with van der Waals surface area (Å²) in [6.45, 7) is 3.14. The summed E-state index contributed by atoms with van der Waals surface area (Å²) in [5.41, 5.74) is 5.73. The molecule has 6 rings (SSSR count). The summed E-state index contributed by atoms with van der Waals surface area (Å²) in [6, 6.07) is 20.6. The molecule has 0 spiro atoms. The van der Waals surface area contributed by atoms with Crippen LogP contribution < -0.4 is 14.8 Å². The molecule has 0 radical (unpaired) electrons. The molecule has 1 N–H and O–H groups in total. The van der Waals surface area contributed by atoms with Gasteiger partial charge in [-0.15, -0.1) is 0 Å². The zero-order valence-corrected chi connectivity index (χ0v) is 16.0. The van der Waals surface area contributed by atoms with E-state index < -0.39 is 0 Å². The number of hydrogen-bond acceptors (Lipinski definition) is 4. The van der Waals surface area contributed by atoms with Crippen LogP contribution in [-0.4, -0.2) is 11.4 Å². The number of furan rings is 1. The Morgan fingerprint density at radius 3 is 2.72 bits per heavy atom. The van der Waals surface area contributed by atoms with Gasteiger partial charge >= 0.3 is 0 Å². The molecule has 0 saturated heterocycles. The van der Waals surface area contributed by atoms with E-state index in [1.807, 2.05) is 24.3 Å². The number of ether oxygens (including phenoxy) is 2. The molecule has 0 bridgehead atoms. The fraction of sp³-hybridized carbons (Fsp3) is 0.167. The zero-order valence-electron chi connectivity index (χ0n) is 16.0. The van der Waals surface area contributed by atoms with E-state index >= 15 is 0 Å². The molecule has 2 aromatic heterocycles. The third-order valence-electron chi connectivity index (χ3n) is 5.79. The minimum Gasteiger partial charge on any atom is -0.454 e. The first-order chi connectivity index (χ1) is 14.3. The number of aromatic nitrogens is 1. The lowest BCUT2D eigenvalue weighted by Gasteiger charge is -2.18. The van der Waals surface area contributed by atoms with E-state index in [2.05, 4.69) is 59.4 Å². The molecule has 0 amide bonds. The van der Waals surface area contributed by atoms with Gasteiger partial charge in [-0.2, -0.15) is 0 Å². The van der Waals surface area contributed by atoms with Gasteiger partial charge in [-0.05, 0) is 36.8 Å². The van der Waals surface area contributed by atoms with Crippen molar-refractivity contribution in [2.24, 2.45) is 0 Å². The van der Waals surface area contributed by atoms with E-state index in [0.29, 0.717) is 0 Å². The summed E-state index contributed by atoms with van der Waals surface area (Å²) in [5, 5.41) is 3.72. The van der Waals surface area contributed by atoms with E-state index in [-0.39, 0.29) is 12.8 Å². The number of hydrogen-bond donors (Lipinski definition) is 1. The molecule has 4 heterocycles. The lowest BCUT2D eigenvalue weighted by Crippen LogP contribution is -2.21. The summed E-state index contributed by atoms with van der Waals surface area (Å²) in [7, 11) is 0. The first kappa shape index (κ1) is 16.5. The summed E-state index contributed by atoms with van der Waals surface area (Å²) < 4.78 is 19.6. The van der Waals surface area contributed by atoms with Crippen molar-refractivity contribution in [2.75, 3.05) is 6.79 Å². The molecule has 1 atom stereocenters. The van der Waals surface area contributed by atoms with E-state index in [0.717, 1.165) is 46.5 Å². The highest BCUT2D eigenvalue weighted by Crippen LogP contribution is 2.40. The molecule has 144 valence electrons. The Morgan fingerprint density at radius 1 is 0.966 bits per heavy atom. The van der Waals surface area contributed by atoms with Gasteiger partial charge in [0, 0.05) is 35.1 Å². The second kappa shape index (κ2) is 6.29. The van der Waals surface area contributed by atoms with Gasteiger partial charge in [0.25, 0.3) is 0 Å². The maximum Gasteiger partial charge on any atom is 0.231 e. The molecule has 0 saturated carbocycles. The van der Waals surface area contributed by atoms with Crippen LogP contribution >= 0.6 is 0 Å². The average molecular weight is 384 g/mol. The van der Waals surface area contributed by atoms with Crippen LogP contribution in [-0.2, 0) is 6.54 Å². The van der Waals surface area contributed by atoms with Crippen molar-refractivity contribution in [3.63, 3.8) is 0 Å². The average Bonchev–Trinajstić information content (AvgIpc) is 3.46. The Morgan fingerprint density at radius 2 is 1.83 bits per heavy atom. The minimum absolute atomic E-state index is 0.0293. The summed E-state index contributed by atoms with van der Waals surface area (Å²) >= 11 is 0. The van der Waals surface area contributed by atoms with Crippen LogP contribution in [0.1, 0.15) is 28.4 Å². The van der Waals surface area contributed by atoms with Gasteiger partial charge in [-0.3, -0.25) is 4.57 Å². The molecule has 5 heteroatoms. The van der Waals surface area contributed by atoms with E-state index in [1.54, 1.807) is 0 Å². The topological polar surface area (TPSA) is 48.6 Å². The lowest BCUT2D eigenvalue weighted by molar-refractivity contribution is 0.174. The first-order valence-corrected chi connectivity index (χ1v) is 9.78. The number of nitrogens with zero attached hydrogens (tertiary/aromatic N) is 1.